The van der Waals surface area contributed by atoms with Crippen molar-refractivity contribution in [2.24, 2.45) is 0 Å². The maximum absolute atomic E-state index is 9.58. The summed E-state index contributed by atoms with van der Waals surface area (Å²) in [5, 5.41) is 19.7. The summed E-state index contributed by atoms with van der Waals surface area (Å²) >= 11 is 3.22. The number of hydrogen-bond acceptors (Lipinski definition) is 4. The molecule has 0 aromatic heterocycles. The first-order valence-electron chi connectivity index (χ1n) is 4.97. The Morgan fingerprint density at radius 1 is 1.67 bits per heavy atom. The van der Waals surface area contributed by atoms with E-state index in [1.54, 1.807) is 6.20 Å². The molecule has 1 aliphatic rings. The summed E-state index contributed by atoms with van der Waals surface area (Å²) in [4.78, 5) is 2.20. The van der Waals surface area contributed by atoms with E-state index in [-0.39, 0.29) is 0 Å². The van der Waals surface area contributed by atoms with Gasteiger partial charge in [-0.15, -0.1) is 0 Å². The summed E-state index contributed by atoms with van der Waals surface area (Å²) in [5.41, 5.74) is -0.615. The van der Waals surface area contributed by atoms with Crippen molar-refractivity contribution in [1.29, 1.82) is 5.41 Å². The summed E-state index contributed by atoms with van der Waals surface area (Å²) < 4.78 is 0.739. The van der Waals surface area contributed by atoms with Gasteiger partial charge in [-0.3, -0.25) is 4.90 Å². The van der Waals surface area contributed by atoms with Crippen molar-refractivity contribution in [3.05, 3.63) is 10.7 Å². The van der Waals surface area contributed by atoms with E-state index < -0.39 is 5.60 Å². The number of hydrogen-bond donors (Lipinski definition) is 3. The third kappa shape index (κ3) is 4.77. The zero-order chi connectivity index (χ0) is 11.5. The highest BCUT2D eigenvalue weighted by Gasteiger charge is 2.29. The summed E-state index contributed by atoms with van der Waals surface area (Å²) in [6, 6.07) is 0.430. The van der Waals surface area contributed by atoms with Crippen LogP contribution in [0.25, 0.3) is 0 Å². The Hall–Kier alpha value is -0.390. The number of halogens is 1. The van der Waals surface area contributed by atoms with Gasteiger partial charge in [0.1, 0.15) is 0 Å². The third-order valence-electron chi connectivity index (χ3n) is 2.16. The van der Waals surface area contributed by atoms with E-state index in [1.165, 1.54) is 6.21 Å². The fraction of sp³-hybridized carbons (Fsp3) is 0.700. The molecule has 1 heterocycles. The zero-order valence-corrected chi connectivity index (χ0v) is 10.7. The van der Waals surface area contributed by atoms with Crippen LogP contribution in [0.4, 0.5) is 0 Å². The first kappa shape index (κ1) is 12.7. The van der Waals surface area contributed by atoms with Crippen molar-refractivity contribution >= 4 is 22.1 Å². The molecule has 86 valence electrons. The molecule has 1 aliphatic heterocycles. The summed E-state index contributed by atoms with van der Waals surface area (Å²) in [6.45, 7) is 6.23. The van der Waals surface area contributed by atoms with Gasteiger partial charge in [-0.25, -0.2) is 0 Å². The van der Waals surface area contributed by atoms with Crippen LogP contribution in [0, 0.1) is 5.41 Å². The molecular formula is C10H18BrN3O. The summed E-state index contributed by atoms with van der Waals surface area (Å²) in [6.07, 6.45) is 3.04. The fourth-order valence-electron chi connectivity index (χ4n) is 1.59. The second-order valence-corrected chi connectivity index (χ2v) is 5.46. The number of β-amino-alcohol motifs (C(OH)–C–C–N with tert-alkyl or cyclic N) is 1. The van der Waals surface area contributed by atoms with E-state index in [1.807, 2.05) is 13.8 Å². The van der Waals surface area contributed by atoms with Crippen LogP contribution in [0.2, 0.25) is 0 Å². The number of nitrogens with zero attached hydrogens (tertiary/aromatic N) is 1. The van der Waals surface area contributed by atoms with Crippen molar-refractivity contribution in [1.82, 2.24) is 10.2 Å². The Kier molecular flexibility index (Phi) is 4.31. The van der Waals surface area contributed by atoms with Crippen LogP contribution in [0.1, 0.15) is 13.8 Å². The van der Waals surface area contributed by atoms with Gasteiger partial charge >= 0.3 is 0 Å². The van der Waals surface area contributed by atoms with Crippen molar-refractivity contribution < 1.29 is 5.11 Å². The molecule has 0 spiro atoms. The number of nitrogens with one attached hydrogen (secondary N) is 2. The first-order valence-corrected chi connectivity index (χ1v) is 5.77. The Balaban J connectivity index is 2.18. The van der Waals surface area contributed by atoms with Crippen LogP contribution < -0.4 is 5.32 Å². The predicted molar refractivity (Wildman–Crippen MR) is 65.5 cm³/mol. The minimum absolute atomic E-state index is 0.430. The van der Waals surface area contributed by atoms with Gasteiger partial charge in [0.25, 0.3) is 0 Å². The van der Waals surface area contributed by atoms with Crippen molar-refractivity contribution in [2.45, 2.75) is 25.5 Å². The lowest BCUT2D eigenvalue weighted by Crippen LogP contribution is -2.59. The number of likely N-dealkylation sites (tertiary alicyclic amines) is 1. The molecule has 15 heavy (non-hydrogen) atoms. The van der Waals surface area contributed by atoms with Gasteiger partial charge in [-0.05, 0) is 29.8 Å². The normalized spacial score (nSPS) is 19.9. The minimum Gasteiger partial charge on any atom is -0.389 e. The minimum atomic E-state index is -0.615. The van der Waals surface area contributed by atoms with Gasteiger partial charge in [0.05, 0.1) is 16.1 Å². The Morgan fingerprint density at radius 3 is 2.73 bits per heavy atom. The topological polar surface area (TPSA) is 59.4 Å². The second kappa shape index (κ2) is 5.09. The monoisotopic (exact) mass is 275 g/mol. The van der Waals surface area contributed by atoms with Gasteiger partial charge in [0.15, 0.2) is 0 Å². The molecule has 1 fully saturated rings. The molecule has 3 N–H and O–H groups in total. The van der Waals surface area contributed by atoms with Crippen LogP contribution in [0.15, 0.2) is 10.7 Å². The Labute approximate surface area is 99.0 Å². The van der Waals surface area contributed by atoms with E-state index in [9.17, 15) is 5.11 Å². The van der Waals surface area contributed by atoms with Crippen LogP contribution in [-0.4, -0.2) is 47.5 Å². The molecule has 0 atom stereocenters. The molecule has 0 aliphatic carbocycles. The van der Waals surface area contributed by atoms with Gasteiger partial charge in [-0.2, -0.15) is 0 Å². The third-order valence-corrected chi connectivity index (χ3v) is 2.62. The highest BCUT2D eigenvalue weighted by atomic mass is 79.9. The van der Waals surface area contributed by atoms with Crippen LogP contribution >= 0.6 is 15.9 Å². The quantitative estimate of drug-likeness (QED) is 0.654. The molecular weight excluding hydrogens is 258 g/mol. The highest BCUT2D eigenvalue weighted by Crippen LogP contribution is 2.13. The SMILES string of the molecule is CC(C)(O)CN1CC(N/C=C(/Br)C=N)C1. The van der Waals surface area contributed by atoms with E-state index in [2.05, 4.69) is 26.1 Å². The molecule has 4 nitrogen and oxygen atoms in total. The standard InChI is InChI=1S/C10H18BrN3O/c1-10(2,15)7-14-5-9(6-14)13-4-8(11)3-12/h3-4,9,12-13,15H,5-7H2,1-2H3/b8-4+,12-3?. The van der Waals surface area contributed by atoms with Crippen LogP contribution in [0.5, 0.6) is 0 Å². The largest absolute Gasteiger partial charge is 0.389 e. The number of aliphatic hydroxyl groups is 1. The lowest BCUT2D eigenvalue weighted by Gasteiger charge is -2.42. The molecule has 0 saturated carbocycles. The lowest BCUT2D eigenvalue weighted by atomic mass is 10.0. The molecule has 5 heteroatoms. The summed E-state index contributed by atoms with van der Waals surface area (Å²) in [5.74, 6) is 0. The number of rotatable bonds is 5. The maximum Gasteiger partial charge on any atom is 0.0718 e. The fourth-order valence-corrected chi connectivity index (χ4v) is 1.72. The van der Waals surface area contributed by atoms with Gasteiger partial charge in [0.2, 0.25) is 0 Å². The highest BCUT2D eigenvalue weighted by molar-refractivity contribution is 9.12. The van der Waals surface area contributed by atoms with Gasteiger partial charge in [0, 0.05) is 32.0 Å². The first-order chi connectivity index (χ1) is 6.90. The smallest absolute Gasteiger partial charge is 0.0718 e. The van der Waals surface area contributed by atoms with E-state index in [0.717, 1.165) is 17.6 Å². The van der Waals surface area contributed by atoms with Crippen molar-refractivity contribution in [3.8, 4) is 0 Å². The molecule has 0 radical (unpaired) electrons. The molecule has 0 aromatic carbocycles. The van der Waals surface area contributed by atoms with Crippen LogP contribution in [0.3, 0.4) is 0 Å². The molecule has 0 amide bonds. The van der Waals surface area contributed by atoms with Crippen LogP contribution in [-0.2, 0) is 0 Å². The summed E-state index contributed by atoms with van der Waals surface area (Å²) in [7, 11) is 0. The van der Waals surface area contributed by atoms with Crippen molar-refractivity contribution in [2.75, 3.05) is 19.6 Å². The van der Waals surface area contributed by atoms with E-state index >= 15 is 0 Å². The molecule has 0 bridgehead atoms. The predicted octanol–water partition coefficient (Wildman–Crippen LogP) is 0.917. The maximum atomic E-state index is 9.58. The average molecular weight is 276 g/mol. The van der Waals surface area contributed by atoms with Gasteiger partial charge in [-0.1, -0.05) is 0 Å². The van der Waals surface area contributed by atoms with Gasteiger partial charge < -0.3 is 15.8 Å². The second-order valence-electron chi connectivity index (χ2n) is 4.54. The Morgan fingerprint density at radius 2 is 2.27 bits per heavy atom. The molecule has 0 aromatic rings. The molecule has 0 unspecified atom stereocenters. The Bertz CT molecular complexity index is 254. The molecule has 1 rings (SSSR count). The lowest BCUT2D eigenvalue weighted by molar-refractivity contribution is 0.00486. The average Bonchev–Trinajstić information content (AvgIpc) is 2.06. The zero-order valence-electron chi connectivity index (χ0n) is 9.13. The van der Waals surface area contributed by atoms with Crippen molar-refractivity contribution in [3.63, 3.8) is 0 Å². The van der Waals surface area contributed by atoms with E-state index in [0.29, 0.717) is 12.6 Å². The molecule has 1 saturated heterocycles. The number of allylic oxidation sites excluding steroid dienone is 1. The van der Waals surface area contributed by atoms with E-state index in [4.69, 9.17) is 5.41 Å².